The van der Waals surface area contributed by atoms with Gasteiger partial charge in [-0.1, -0.05) is 0 Å². The number of imidazole rings is 1. The van der Waals surface area contributed by atoms with Crippen LogP contribution in [0.25, 0.3) is 5.69 Å². The SMILES string of the molecule is Cc1ncn(-c2ccc(NC(=O)C3(n4nccn4)CC3)cc2)c1C. The lowest BCUT2D eigenvalue weighted by molar-refractivity contribution is -0.121. The number of rotatable bonds is 4. The van der Waals surface area contributed by atoms with E-state index in [1.165, 1.54) is 4.80 Å². The Morgan fingerprint density at radius 2 is 1.79 bits per heavy atom. The molecule has 0 bridgehead atoms. The molecule has 1 fully saturated rings. The molecule has 7 heteroatoms. The first-order valence-electron chi connectivity index (χ1n) is 7.89. The van der Waals surface area contributed by atoms with Crippen molar-refractivity contribution in [2.45, 2.75) is 32.2 Å². The van der Waals surface area contributed by atoms with Crippen molar-refractivity contribution < 1.29 is 4.79 Å². The lowest BCUT2D eigenvalue weighted by atomic mass is 10.2. The molecule has 24 heavy (non-hydrogen) atoms. The molecule has 1 aliphatic rings. The highest BCUT2D eigenvalue weighted by Crippen LogP contribution is 2.43. The maximum Gasteiger partial charge on any atom is 0.254 e. The lowest BCUT2D eigenvalue weighted by Crippen LogP contribution is -2.34. The van der Waals surface area contributed by atoms with E-state index in [0.717, 1.165) is 35.6 Å². The van der Waals surface area contributed by atoms with E-state index in [9.17, 15) is 4.79 Å². The van der Waals surface area contributed by atoms with Crippen molar-refractivity contribution in [3.8, 4) is 5.69 Å². The van der Waals surface area contributed by atoms with Gasteiger partial charge in [-0.15, -0.1) is 0 Å². The summed E-state index contributed by atoms with van der Waals surface area (Å²) in [5.74, 6) is -0.0684. The average molecular weight is 322 g/mol. The number of amides is 1. The van der Waals surface area contributed by atoms with Gasteiger partial charge in [0.05, 0.1) is 24.4 Å². The van der Waals surface area contributed by atoms with E-state index in [4.69, 9.17) is 0 Å². The molecular weight excluding hydrogens is 304 g/mol. The molecule has 3 aromatic rings. The van der Waals surface area contributed by atoms with Crippen LogP contribution in [0, 0.1) is 13.8 Å². The third-order valence-electron chi connectivity index (χ3n) is 4.60. The van der Waals surface area contributed by atoms with Crippen LogP contribution < -0.4 is 5.32 Å². The summed E-state index contributed by atoms with van der Waals surface area (Å²) in [7, 11) is 0. The minimum Gasteiger partial charge on any atom is -0.324 e. The van der Waals surface area contributed by atoms with Crippen LogP contribution in [0.15, 0.2) is 43.0 Å². The second-order valence-corrected chi connectivity index (χ2v) is 6.14. The fourth-order valence-electron chi connectivity index (χ4n) is 2.78. The monoisotopic (exact) mass is 322 g/mol. The molecule has 1 amide bonds. The fourth-order valence-corrected chi connectivity index (χ4v) is 2.78. The van der Waals surface area contributed by atoms with Crippen LogP contribution in [0.1, 0.15) is 24.2 Å². The summed E-state index contributed by atoms with van der Waals surface area (Å²) in [6.45, 7) is 4.02. The maximum absolute atomic E-state index is 12.6. The number of aryl methyl sites for hydroxylation is 1. The van der Waals surface area contributed by atoms with Crippen molar-refractivity contribution in [3.63, 3.8) is 0 Å². The topological polar surface area (TPSA) is 77.6 Å². The van der Waals surface area contributed by atoms with Crippen LogP contribution in [-0.4, -0.2) is 30.5 Å². The van der Waals surface area contributed by atoms with Crippen molar-refractivity contribution in [3.05, 3.63) is 54.4 Å². The van der Waals surface area contributed by atoms with Gasteiger partial charge in [-0.2, -0.15) is 15.0 Å². The van der Waals surface area contributed by atoms with Gasteiger partial charge in [0.15, 0.2) is 5.54 Å². The minimum atomic E-state index is -0.625. The van der Waals surface area contributed by atoms with Gasteiger partial charge in [0.1, 0.15) is 0 Å². The Kier molecular flexibility index (Phi) is 3.23. The molecule has 0 saturated heterocycles. The van der Waals surface area contributed by atoms with Gasteiger partial charge in [0, 0.05) is 17.1 Å². The summed E-state index contributed by atoms with van der Waals surface area (Å²) in [6, 6.07) is 7.73. The molecule has 0 unspecified atom stereocenters. The van der Waals surface area contributed by atoms with Gasteiger partial charge >= 0.3 is 0 Å². The highest BCUT2D eigenvalue weighted by molar-refractivity contribution is 5.98. The first-order valence-corrected chi connectivity index (χ1v) is 7.89. The van der Waals surface area contributed by atoms with E-state index in [-0.39, 0.29) is 5.91 Å². The second-order valence-electron chi connectivity index (χ2n) is 6.14. The van der Waals surface area contributed by atoms with Gasteiger partial charge < -0.3 is 9.88 Å². The second kappa shape index (κ2) is 5.30. The van der Waals surface area contributed by atoms with Crippen LogP contribution in [0.4, 0.5) is 5.69 Å². The number of carbonyl (C=O) groups excluding carboxylic acids is 1. The van der Waals surface area contributed by atoms with Gasteiger partial charge in [-0.25, -0.2) is 4.98 Å². The predicted molar refractivity (Wildman–Crippen MR) is 88.9 cm³/mol. The van der Waals surface area contributed by atoms with Gasteiger partial charge in [-0.3, -0.25) is 4.79 Å². The molecule has 1 aromatic carbocycles. The highest BCUT2D eigenvalue weighted by atomic mass is 16.2. The van der Waals surface area contributed by atoms with Crippen molar-refractivity contribution in [1.82, 2.24) is 24.5 Å². The number of aromatic nitrogens is 5. The lowest BCUT2D eigenvalue weighted by Gasteiger charge is -2.15. The third-order valence-corrected chi connectivity index (χ3v) is 4.60. The Balaban J connectivity index is 1.52. The zero-order chi connectivity index (χ0) is 16.7. The van der Waals surface area contributed by atoms with E-state index < -0.39 is 5.54 Å². The molecule has 0 radical (unpaired) electrons. The number of carbonyl (C=O) groups is 1. The third kappa shape index (κ3) is 2.29. The average Bonchev–Trinajstić information content (AvgIpc) is 3.08. The molecule has 7 nitrogen and oxygen atoms in total. The number of hydrogen-bond acceptors (Lipinski definition) is 4. The Morgan fingerprint density at radius 1 is 1.12 bits per heavy atom. The highest BCUT2D eigenvalue weighted by Gasteiger charge is 2.53. The van der Waals surface area contributed by atoms with Crippen LogP contribution >= 0.6 is 0 Å². The summed E-state index contributed by atoms with van der Waals surface area (Å²) < 4.78 is 2.02. The quantitative estimate of drug-likeness (QED) is 0.799. The Labute approximate surface area is 139 Å². The van der Waals surface area contributed by atoms with E-state index >= 15 is 0 Å². The number of nitrogens with one attached hydrogen (secondary N) is 1. The van der Waals surface area contributed by atoms with Gasteiger partial charge in [-0.05, 0) is 51.0 Å². The van der Waals surface area contributed by atoms with E-state index in [0.29, 0.717) is 0 Å². The zero-order valence-electron chi connectivity index (χ0n) is 13.6. The molecule has 4 rings (SSSR count). The number of anilines is 1. The minimum absolute atomic E-state index is 0.0684. The molecule has 1 N–H and O–H groups in total. The summed E-state index contributed by atoms with van der Waals surface area (Å²) in [5.41, 5.74) is 3.26. The van der Waals surface area contributed by atoms with E-state index in [1.807, 2.05) is 42.7 Å². The van der Waals surface area contributed by atoms with Crippen LogP contribution in [0.5, 0.6) is 0 Å². The van der Waals surface area contributed by atoms with Gasteiger partial charge in [0.25, 0.3) is 5.91 Å². The number of benzene rings is 1. The Hall–Kier alpha value is -2.96. The smallest absolute Gasteiger partial charge is 0.254 e. The summed E-state index contributed by atoms with van der Waals surface area (Å²) in [4.78, 5) is 18.4. The molecule has 0 spiro atoms. The molecule has 2 heterocycles. The van der Waals surface area contributed by atoms with Crippen molar-refractivity contribution in [2.75, 3.05) is 5.32 Å². The first-order chi connectivity index (χ1) is 11.6. The number of nitrogens with zero attached hydrogens (tertiary/aromatic N) is 5. The zero-order valence-corrected chi connectivity index (χ0v) is 13.6. The largest absolute Gasteiger partial charge is 0.324 e. The van der Waals surface area contributed by atoms with Crippen molar-refractivity contribution >= 4 is 11.6 Å². The summed E-state index contributed by atoms with van der Waals surface area (Å²) >= 11 is 0. The van der Waals surface area contributed by atoms with E-state index in [1.54, 1.807) is 18.7 Å². The summed E-state index contributed by atoms with van der Waals surface area (Å²) in [5, 5.41) is 11.2. The molecule has 122 valence electrons. The van der Waals surface area contributed by atoms with Crippen molar-refractivity contribution in [2.24, 2.45) is 0 Å². The van der Waals surface area contributed by atoms with Crippen LogP contribution in [-0.2, 0) is 10.3 Å². The standard InChI is InChI=1S/C17H18N6O/c1-12-13(2)22(11-18-12)15-5-3-14(4-6-15)21-16(24)17(7-8-17)23-19-9-10-20-23/h3-6,9-11H,7-8H2,1-2H3,(H,21,24). The number of hydrogen-bond donors (Lipinski definition) is 1. The Bertz CT molecular complexity index is 874. The normalized spacial score (nSPS) is 15.2. The van der Waals surface area contributed by atoms with E-state index in [2.05, 4.69) is 20.5 Å². The summed E-state index contributed by atoms with van der Waals surface area (Å²) in [6.07, 6.45) is 6.52. The molecule has 2 aromatic heterocycles. The fraction of sp³-hybridized carbons (Fsp3) is 0.294. The van der Waals surface area contributed by atoms with Crippen molar-refractivity contribution in [1.29, 1.82) is 0 Å². The molecule has 0 atom stereocenters. The maximum atomic E-state index is 12.6. The van der Waals surface area contributed by atoms with Gasteiger partial charge in [0.2, 0.25) is 0 Å². The van der Waals surface area contributed by atoms with Crippen LogP contribution in [0.2, 0.25) is 0 Å². The molecule has 1 aliphatic carbocycles. The Morgan fingerprint density at radius 3 is 2.33 bits per heavy atom. The molecule has 1 saturated carbocycles. The first kappa shape index (κ1) is 14.6. The van der Waals surface area contributed by atoms with Crippen LogP contribution in [0.3, 0.4) is 0 Å². The molecular formula is C17H18N6O. The predicted octanol–water partition coefficient (Wildman–Crippen LogP) is 2.21. The molecule has 0 aliphatic heterocycles.